The van der Waals surface area contributed by atoms with Crippen LogP contribution in [-0.4, -0.2) is 0 Å². The Bertz CT molecular complexity index is 518. The van der Waals surface area contributed by atoms with E-state index in [0.29, 0.717) is 17.0 Å². The van der Waals surface area contributed by atoms with Gasteiger partial charge in [0.15, 0.2) is 11.6 Å². The van der Waals surface area contributed by atoms with Crippen LogP contribution in [0.3, 0.4) is 0 Å². The SMILES string of the molecule is Cc1ccc(OCc2ccc(F)c(F)c2)cc1N. The van der Waals surface area contributed by atoms with Gasteiger partial charge in [-0.2, -0.15) is 0 Å². The van der Waals surface area contributed by atoms with E-state index in [0.717, 1.165) is 17.7 Å². The Balaban J connectivity index is 2.06. The second-order valence-corrected chi connectivity index (χ2v) is 4.06. The van der Waals surface area contributed by atoms with Crippen molar-refractivity contribution in [1.82, 2.24) is 0 Å². The third-order valence-electron chi connectivity index (χ3n) is 2.64. The van der Waals surface area contributed by atoms with Crippen molar-refractivity contribution in [3.63, 3.8) is 0 Å². The first-order valence-electron chi connectivity index (χ1n) is 5.49. The van der Waals surface area contributed by atoms with Gasteiger partial charge in [0.1, 0.15) is 12.4 Å². The van der Waals surface area contributed by atoms with Crippen molar-refractivity contribution in [1.29, 1.82) is 0 Å². The van der Waals surface area contributed by atoms with Crippen LogP contribution in [-0.2, 0) is 6.61 Å². The summed E-state index contributed by atoms with van der Waals surface area (Å²) in [6.07, 6.45) is 0. The van der Waals surface area contributed by atoms with Gasteiger partial charge in [-0.1, -0.05) is 12.1 Å². The first-order valence-corrected chi connectivity index (χ1v) is 5.49. The zero-order valence-corrected chi connectivity index (χ0v) is 9.91. The number of hydrogen-bond acceptors (Lipinski definition) is 2. The molecule has 0 spiro atoms. The van der Waals surface area contributed by atoms with Crippen molar-refractivity contribution in [3.8, 4) is 5.75 Å². The van der Waals surface area contributed by atoms with E-state index in [2.05, 4.69) is 0 Å². The van der Waals surface area contributed by atoms with E-state index in [4.69, 9.17) is 10.5 Å². The first-order chi connectivity index (χ1) is 8.56. The Kier molecular flexibility index (Phi) is 3.46. The maximum atomic E-state index is 13.0. The summed E-state index contributed by atoms with van der Waals surface area (Å²) in [5.74, 6) is -1.14. The Labute approximate surface area is 104 Å². The number of nitrogens with two attached hydrogens (primary N) is 1. The molecule has 2 N–H and O–H groups in total. The Morgan fingerprint density at radius 3 is 2.50 bits per heavy atom. The molecular formula is C14H13F2NO. The highest BCUT2D eigenvalue weighted by atomic mass is 19.2. The Hall–Kier alpha value is -2.10. The topological polar surface area (TPSA) is 35.2 Å². The molecule has 94 valence electrons. The molecule has 0 aliphatic heterocycles. The lowest BCUT2D eigenvalue weighted by atomic mass is 10.2. The molecule has 0 bridgehead atoms. The molecule has 0 atom stereocenters. The van der Waals surface area contributed by atoms with Crippen LogP contribution in [0.1, 0.15) is 11.1 Å². The van der Waals surface area contributed by atoms with Crippen LogP contribution in [0.25, 0.3) is 0 Å². The molecule has 2 aromatic rings. The van der Waals surface area contributed by atoms with Gasteiger partial charge < -0.3 is 10.5 Å². The predicted octanol–water partition coefficient (Wildman–Crippen LogP) is 3.43. The molecule has 0 saturated heterocycles. The highest BCUT2D eigenvalue weighted by molar-refractivity contribution is 5.50. The summed E-state index contributed by atoms with van der Waals surface area (Å²) < 4.78 is 31.2. The van der Waals surface area contributed by atoms with E-state index >= 15 is 0 Å². The minimum Gasteiger partial charge on any atom is -0.489 e. The van der Waals surface area contributed by atoms with Crippen LogP contribution in [0.4, 0.5) is 14.5 Å². The minimum atomic E-state index is -0.875. The number of aryl methyl sites for hydroxylation is 1. The molecule has 0 aliphatic carbocycles. The minimum absolute atomic E-state index is 0.166. The van der Waals surface area contributed by atoms with E-state index in [1.807, 2.05) is 13.0 Å². The molecule has 0 heterocycles. The van der Waals surface area contributed by atoms with Gasteiger partial charge in [-0.15, -0.1) is 0 Å². The van der Waals surface area contributed by atoms with Gasteiger partial charge in [0.2, 0.25) is 0 Å². The normalized spacial score (nSPS) is 10.4. The summed E-state index contributed by atoms with van der Waals surface area (Å²) in [6.45, 7) is 2.06. The van der Waals surface area contributed by atoms with Gasteiger partial charge in [-0.25, -0.2) is 8.78 Å². The van der Waals surface area contributed by atoms with Crippen molar-refractivity contribution in [2.24, 2.45) is 0 Å². The number of rotatable bonds is 3. The van der Waals surface area contributed by atoms with Gasteiger partial charge in [-0.05, 0) is 36.2 Å². The number of ether oxygens (including phenoxy) is 1. The lowest BCUT2D eigenvalue weighted by Crippen LogP contribution is -1.98. The summed E-state index contributed by atoms with van der Waals surface area (Å²) in [5, 5.41) is 0. The fraction of sp³-hybridized carbons (Fsp3) is 0.143. The molecule has 0 unspecified atom stereocenters. The van der Waals surface area contributed by atoms with Gasteiger partial charge in [0.05, 0.1) is 0 Å². The molecule has 4 heteroatoms. The van der Waals surface area contributed by atoms with Crippen molar-refractivity contribution in [2.75, 3.05) is 5.73 Å². The standard InChI is InChI=1S/C14H13F2NO/c1-9-2-4-11(7-14(9)17)18-8-10-3-5-12(15)13(16)6-10/h2-7H,8,17H2,1H3. The van der Waals surface area contributed by atoms with Crippen LogP contribution in [0.5, 0.6) is 5.75 Å². The molecule has 0 aliphatic rings. The zero-order valence-electron chi connectivity index (χ0n) is 9.91. The third-order valence-corrected chi connectivity index (χ3v) is 2.64. The summed E-state index contributed by atoms with van der Waals surface area (Å²) in [7, 11) is 0. The Morgan fingerprint density at radius 1 is 1.06 bits per heavy atom. The summed E-state index contributed by atoms with van der Waals surface area (Å²) >= 11 is 0. The number of benzene rings is 2. The molecule has 0 amide bonds. The average Bonchev–Trinajstić information content (AvgIpc) is 2.35. The lowest BCUT2D eigenvalue weighted by Gasteiger charge is -2.08. The van der Waals surface area contributed by atoms with E-state index in [-0.39, 0.29) is 6.61 Å². The molecule has 18 heavy (non-hydrogen) atoms. The zero-order chi connectivity index (χ0) is 13.1. The lowest BCUT2D eigenvalue weighted by molar-refractivity contribution is 0.305. The molecule has 0 aromatic heterocycles. The monoisotopic (exact) mass is 249 g/mol. The second-order valence-electron chi connectivity index (χ2n) is 4.06. The molecule has 2 rings (SSSR count). The van der Waals surface area contributed by atoms with E-state index in [1.165, 1.54) is 6.07 Å². The predicted molar refractivity (Wildman–Crippen MR) is 66.3 cm³/mol. The van der Waals surface area contributed by atoms with Crippen LogP contribution >= 0.6 is 0 Å². The molecule has 0 fully saturated rings. The third kappa shape index (κ3) is 2.77. The van der Waals surface area contributed by atoms with Crippen molar-refractivity contribution in [2.45, 2.75) is 13.5 Å². The van der Waals surface area contributed by atoms with Crippen LogP contribution in [0, 0.1) is 18.6 Å². The quantitative estimate of drug-likeness (QED) is 0.846. The first kappa shape index (κ1) is 12.4. The fourth-order valence-corrected chi connectivity index (χ4v) is 1.50. The maximum Gasteiger partial charge on any atom is 0.159 e. The summed E-state index contributed by atoms with van der Waals surface area (Å²) in [4.78, 5) is 0. The number of nitrogen functional groups attached to an aromatic ring is 1. The molecule has 2 aromatic carbocycles. The number of hydrogen-bond donors (Lipinski definition) is 1. The molecule has 0 saturated carbocycles. The van der Waals surface area contributed by atoms with Gasteiger partial charge >= 0.3 is 0 Å². The summed E-state index contributed by atoms with van der Waals surface area (Å²) in [6, 6.07) is 9.01. The maximum absolute atomic E-state index is 13.0. The van der Waals surface area contributed by atoms with E-state index in [9.17, 15) is 8.78 Å². The molecular weight excluding hydrogens is 236 g/mol. The van der Waals surface area contributed by atoms with Gasteiger partial charge in [-0.3, -0.25) is 0 Å². The molecule has 0 radical (unpaired) electrons. The van der Waals surface area contributed by atoms with Gasteiger partial charge in [0.25, 0.3) is 0 Å². The fourth-order valence-electron chi connectivity index (χ4n) is 1.50. The van der Waals surface area contributed by atoms with Crippen molar-refractivity contribution in [3.05, 3.63) is 59.2 Å². The highest BCUT2D eigenvalue weighted by Crippen LogP contribution is 2.20. The highest BCUT2D eigenvalue weighted by Gasteiger charge is 2.03. The molecule has 2 nitrogen and oxygen atoms in total. The van der Waals surface area contributed by atoms with Crippen molar-refractivity contribution < 1.29 is 13.5 Å². The van der Waals surface area contributed by atoms with E-state index in [1.54, 1.807) is 12.1 Å². The number of halogens is 2. The van der Waals surface area contributed by atoms with Crippen LogP contribution in [0.2, 0.25) is 0 Å². The number of anilines is 1. The van der Waals surface area contributed by atoms with Crippen LogP contribution in [0.15, 0.2) is 36.4 Å². The summed E-state index contributed by atoms with van der Waals surface area (Å²) in [5.41, 5.74) is 7.91. The second kappa shape index (κ2) is 5.04. The smallest absolute Gasteiger partial charge is 0.159 e. The van der Waals surface area contributed by atoms with Gasteiger partial charge in [0, 0.05) is 11.8 Å². The Morgan fingerprint density at radius 2 is 1.83 bits per heavy atom. The van der Waals surface area contributed by atoms with Crippen LogP contribution < -0.4 is 10.5 Å². The van der Waals surface area contributed by atoms with Crippen molar-refractivity contribution >= 4 is 5.69 Å². The van der Waals surface area contributed by atoms with E-state index < -0.39 is 11.6 Å². The largest absolute Gasteiger partial charge is 0.489 e. The average molecular weight is 249 g/mol.